The van der Waals surface area contributed by atoms with Gasteiger partial charge in [0.1, 0.15) is 12.3 Å². The Morgan fingerprint density at radius 1 is 1.33 bits per heavy atom. The minimum Gasteiger partial charge on any atom is -0.497 e. The molecule has 2 unspecified atom stereocenters. The Bertz CT molecular complexity index is 609. The Labute approximate surface area is 122 Å². The number of aliphatic carboxylic acids is 1. The van der Waals surface area contributed by atoms with Gasteiger partial charge in [-0.15, -0.1) is 0 Å². The molecule has 21 heavy (non-hydrogen) atoms. The average molecular weight is 288 g/mol. The Kier molecular flexibility index (Phi) is 3.37. The number of rotatable bonds is 4. The van der Waals surface area contributed by atoms with Gasteiger partial charge in [-0.3, -0.25) is 9.59 Å². The number of benzene rings is 1. The number of carbonyl (C=O) groups excluding carboxylic acids is 1. The molecule has 6 heteroatoms. The van der Waals surface area contributed by atoms with Crippen molar-refractivity contribution in [3.63, 3.8) is 0 Å². The molecule has 2 atom stereocenters. The van der Waals surface area contributed by atoms with Crippen molar-refractivity contribution in [3.8, 4) is 5.75 Å². The Morgan fingerprint density at radius 2 is 2.00 bits per heavy atom. The fraction of sp³-hybridized carbons (Fsp3) is 0.400. The summed E-state index contributed by atoms with van der Waals surface area (Å²) in [5.41, 5.74) is 1.71. The van der Waals surface area contributed by atoms with Crippen LogP contribution in [0.2, 0.25) is 0 Å². The molecule has 1 amide bonds. The number of carbonyl (C=O) groups is 2. The van der Waals surface area contributed by atoms with Crippen molar-refractivity contribution in [3.05, 3.63) is 29.8 Å². The maximum Gasteiger partial charge on any atom is 0.325 e. The molecule has 3 rings (SSSR count). The molecule has 1 fully saturated rings. The molecular formula is C15H16N2O4. The predicted molar refractivity (Wildman–Crippen MR) is 75.1 cm³/mol. The van der Waals surface area contributed by atoms with Crippen LogP contribution in [0.3, 0.4) is 0 Å². The van der Waals surface area contributed by atoms with Gasteiger partial charge in [-0.1, -0.05) is 0 Å². The number of ether oxygens (including phenoxy) is 1. The maximum atomic E-state index is 12.1. The number of nitrogens with zero attached hydrogens (tertiary/aromatic N) is 2. The van der Waals surface area contributed by atoms with Gasteiger partial charge >= 0.3 is 5.97 Å². The first-order valence-electron chi connectivity index (χ1n) is 6.86. The molecule has 1 heterocycles. The highest BCUT2D eigenvalue weighted by molar-refractivity contribution is 6.07. The summed E-state index contributed by atoms with van der Waals surface area (Å²) in [5.74, 6) is -0.501. The van der Waals surface area contributed by atoms with Gasteiger partial charge in [0.05, 0.1) is 12.8 Å². The number of carboxylic acids is 1. The van der Waals surface area contributed by atoms with Crippen LogP contribution in [0.15, 0.2) is 29.4 Å². The van der Waals surface area contributed by atoms with Gasteiger partial charge in [-0.2, -0.15) is 5.10 Å². The highest BCUT2D eigenvalue weighted by atomic mass is 16.5. The van der Waals surface area contributed by atoms with E-state index in [1.807, 2.05) is 24.3 Å². The first kappa shape index (κ1) is 13.6. The summed E-state index contributed by atoms with van der Waals surface area (Å²) in [5, 5.41) is 14.3. The van der Waals surface area contributed by atoms with Gasteiger partial charge in [0.15, 0.2) is 0 Å². The number of carboxylic acid groups (broad SMARTS) is 1. The fourth-order valence-electron chi connectivity index (χ4n) is 2.84. The molecule has 1 aromatic carbocycles. The van der Waals surface area contributed by atoms with Crippen LogP contribution in [0, 0.1) is 11.8 Å². The lowest BCUT2D eigenvalue weighted by Crippen LogP contribution is -2.50. The summed E-state index contributed by atoms with van der Waals surface area (Å²) in [6.45, 7) is -0.387. The summed E-state index contributed by atoms with van der Waals surface area (Å²) < 4.78 is 5.13. The normalized spacial score (nSPS) is 24.0. The molecule has 0 radical (unpaired) electrons. The van der Waals surface area contributed by atoms with Gasteiger partial charge in [0.25, 0.3) is 0 Å². The number of fused-ring (bicyclic) bond motifs is 1. The minimum atomic E-state index is -1.06. The number of hydrogen-bond acceptors (Lipinski definition) is 4. The van der Waals surface area contributed by atoms with E-state index in [9.17, 15) is 9.59 Å². The number of hydrogen-bond donors (Lipinski definition) is 1. The lowest BCUT2D eigenvalue weighted by Gasteiger charge is -2.42. The van der Waals surface area contributed by atoms with Crippen LogP contribution >= 0.6 is 0 Å². The first-order valence-corrected chi connectivity index (χ1v) is 6.86. The van der Waals surface area contributed by atoms with Gasteiger partial charge in [-0.25, -0.2) is 5.01 Å². The molecule has 0 aromatic heterocycles. The largest absolute Gasteiger partial charge is 0.497 e. The summed E-state index contributed by atoms with van der Waals surface area (Å²) in [6.07, 6.45) is 1.72. The van der Waals surface area contributed by atoms with Crippen LogP contribution in [0.1, 0.15) is 18.4 Å². The second-order valence-electron chi connectivity index (χ2n) is 5.29. The van der Waals surface area contributed by atoms with Crippen molar-refractivity contribution in [1.29, 1.82) is 0 Å². The highest BCUT2D eigenvalue weighted by Crippen LogP contribution is 2.41. The van der Waals surface area contributed by atoms with Crippen molar-refractivity contribution in [2.24, 2.45) is 16.9 Å². The van der Waals surface area contributed by atoms with Crippen LogP contribution in [-0.2, 0) is 9.59 Å². The summed E-state index contributed by atoms with van der Waals surface area (Å²) in [4.78, 5) is 23.0. The van der Waals surface area contributed by atoms with Crippen LogP contribution < -0.4 is 4.74 Å². The van der Waals surface area contributed by atoms with Crippen LogP contribution in [0.4, 0.5) is 0 Å². The van der Waals surface area contributed by atoms with E-state index in [0.29, 0.717) is 0 Å². The van der Waals surface area contributed by atoms with Gasteiger partial charge in [0, 0.05) is 11.8 Å². The second kappa shape index (κ2) is 5.20. The van der Waals surface area contributed by atoms with E-state index in [4.69, 9.17) is 9.84 Å². The third-order valence-electron chi connectivity index (χ3n) is 4.10. The molecule has 1 N–H and O–H groups in total. The lowest BCUT2D eigenvalue weighted by atomic mass is 9.68. The molecular weight excluding hydrogens is 272 g/mol. The Hall–Kier alpha value is -2.37. The zero-order chi connectivity index (χ0) is 15.0. The average Bonchev–Trinajstić information content (AvgIpc) is 2.43. The van der Waals surface area contributed by atoms with Crippen LogP contribution in [-0.4, -0.2) is 41.4 Å². The van der Waals surface area contributed by atoms with Gasteiger partial charge < -0.3 is 9.84 Å². The summed E-state index contributed by atoms with van der Waals surface area (Å²) in [6, 6.07) is 7.45. The molecule has 6 nitrogen and oxygen atoms in total. The zero-order valence-corrected chi connectivity index (χ0v) is 11.7. The van der Waals surface area contributed by atoms with Crippen LogP contribution in [0.25, 0.3) is 0 Å². The molecule has 0 spiro atoms. The predicted octanol–water partition coefficient (Wildman–Crippen LogP) is 1.35. The SMILES string of the molecule is COc1ccc(C2=NN(CC(=O)O)C(=O)C3CCC23)cc1. The van der Waals surface area contributed by atoms with E-state index >= 15 is 0 Å². The number of amides is 1. The smallest absolute Gasteiger partial charge is 0.325 e. The van der Waals surface area contributed by atoms with Crippen molar-refractivity contribution in [2.45, 2.75) is 12.8 Å². The van der Waals surface area contributed by atoms with E-state index in [-0.39, 0.29) is 24.3 Å². The van der Waals surface area contributed by atoms with E-state index < -0.39 is 5.97 Å². The molecule has 1 saturated carbocycles. The molecule has 1 aliphatic heterocycles. The highest BCUT2D eigenvalue weighted by Gasteiger charge is 2.46. The second-order valence-corrected chi connectivity index (χ2v) is 5.29. The van der Waals surface area contributed by atoms with Crippen molar-refractivity contribution in [1.82, 2.24) is 5.01 Å². The third-order valence-corrected chi connectivity index (χ3v) is 4.10. The zero-order valence-electron chi connectivity index (χ0n) is 11.7. The fourth-order valence-corrected chi connectivity index (χ4v) is 2.84. The van der Waals surface area contributed by atoms with Crippen molar-refractivity contribution in [2.75, 3.05) is 13.7 Å². The quantitative estimate of drug-likeness (QED) is 0.907. The molecule has 0 saturated heterocycles. The first-order chi connectivity index (χ1) is 10.1. The van der Waals surface area contributed by atoms with E-state index in [1.165, 1.54) is 0 Å². The summed E-state index contributed by atoms with van der Waals surface area (Å²) in [7, 11) is 1.60. The lowest BCUT2D eigenvalue weighted by molar-refractivity contribution is -0.149. The van der Waals surface area contributed by atoms with E-state index in [0.717, 1.165) is 34.9 Å². The number of hydrazone groups is 1. The minimum absolute atomic E-state index is 0.107. The van der Waals surface area contributed by atoms with Crippen molar-refractivity contribution < 1.29 is 19.4 Å². The molecule has 110 valence electrons. The number of methoxy groups -OCH3 is 1. The standard InChI is InChI=1S/C15H16N2O4/c1-21-10-4-2-9(3-5-10)14-11-6-7-12(11)15(20)17(16-14)8-13(18)19/h2-5,11-12H,6-8H2,1H3,(H,18,19). The van der Waals surface area contributed by atoms with E-state index in [2.05, 4.69) is 5.10 Å². The topological polar surface area (TPSA) is 79.2 Å². The van der Waals surface area contributed by atoms with Crippen molar-refractivity contribution >= 4 is 17.6 Å². The molecule has 0 bridgehead atoms. The monoisotopic (exact) mass is 288 g/mol. The van der Waals surface area contributed by atoms with Crippen LogP contribution in [0.5, 0.6) is 5.75 Å². The molecule has 1 aromatic rings. The maximum absolute atomic E-state index is 12.1. The third kappa shape index (κ3) is 2.37. The summed E-state index contributed by atoms with van der Waals surface area (Å²) >= 11 is 0. The molecule has 2 aliphatic rings. The Morgan fingerprint density at radius 3 is 2.52 bits per heavy atom. The van der Waals surface area contributed by atoms with E-state index in [1.54, 1.807) is 7.11 Å². The van der Waals surface area contributed by atoms with Gasteiger partial charge in [0.2, 0.25) is 5.91 Å². The Balaban J connectivity index is 1.94. The molecule has 1 aliphatic carbocycles. The van der Waals surface area contributed by atoms with Gasteiger partial charge in [-0.05, 0) is 42.7 Å².